The molecule has 1 aromatic carbocycles. The minimum atomic E-state index is 0.632. The van der Waals surface area contributed by atoms with E-state index >= 15 is 0 Å². The smallest absolute Gasteiger partial charge is 0.251 e. The monoisotopic (exact) mass is 317 g/mol. The first-order chi connectivity index (χ1) is 11.8. The first kappa shape index (κ1) is 14.6. The summed E-state index contributed by atoms with van der Waals surface area (Å²) in [6.45, 7) is 2.92. The summed E-state index contributed by atoms with van der Waals surface area (Å²) in [6, 6.07) is 12.4. The fourth-order valence-electron chi connectivity index (χ4n) is 3.00. The molecule has 0 bridgehead atoms. The Kier molecular flexibility index (Phi) is 3.83. The molecule has 5 nitrogen and oxygen atoms in total. The Morgan fingerprint density at radius 3 is 2.75 bits per heavy atom. The van der Waals surface area contributed by atoms with Gasteiger partial charge in [0.2, 0.25) is 0 Å². The number of rotatable bonds is 5. The minimum Gasteiger partial charge on any atom is -0.348 e. The maximum atomic E-state index is 4.70. The second kappa shape index (κ2) is 6.28. The molecule has 0 aliphatic rings. The van der Waals surface area contributed by atoms with Gasteiger partial charge in [0.25, 0.3) is 5.78 Å². The molecule has 0 N–H and O–H groups in total. The third-order valence-electron chi connectivity index (χ3n) is 4.10. The van der Waals surface area contributed by atoms with Gasteiger partial charge < -0.3 is 4.57 Å². The van der Waals surface area contributed by atoms with E-state index in [1.54, 1.807) is 12.4 Å². The van der Waals surface area contributed by atoms with Crippen LogP contribution >= 0.6 is 0 Å². The average molecular weight is 317 g/mol. The number of hydrogen-bond donors (Lipinski definition) is 0. The zero-order valence-electron chi connectivity index (χ0n) is 13.6. The van der Waals surface area contributed by atoms with Crippen LogP contribution in [0.25, 0.3) is 17.0 Å². The molecule has 0 atom stereocenters. The average Bonchev–Trinajstić information content (AvgIpc) is 3.21. The van der Waals surface area contributed by atoms with Crippen molar-refractivity contribution in [2.24, 2.45) is 0 Å². The number of aryl methyl sites for hydroxylation is 1. The first-order valence-corrected chi connectivity index (χ1v) is 8.24. The molecular formula is C19H19N5. The van der Waals surface area contributed by atoms with Crippen molar-refractivity contribution in [3.05, 3.63) is 72.4 Å². The Balaban J connectivity index is 1.80. The van der Waals surface area contributed by atoms with E-state index in [0.717, 1.165) is 29.8 Å². The Hall–Kier alpha value is -2.95. The van der Waals surface area contributed by atoms with Crippen molar-refractivity contribution in [3.63, 3.8) is 0 Å². The van der Waals surface area contributed by atoms with Gasteiger partial charge in [0, 0.05) is 18.0 Å². The molecule has 120 valence electrons. The molecule has 0 amide bonds. The lowest BCUT2D eigenvalue weighted by molar-refractivity contribution is 0.734. The molecule has 0 aliphatic carbocycles. The fourth-order valence-corrected chi connectivity index (χ4v) is 3.00. The molecule has 0 saturated heterocycles. The quantitative estimate of drug-likeness (QED) is 0.565. The highest BCUT2D eigenvalue weighted by Crippen LogP contribution is 2.24. The van der Waals surface area contributed by atoms with Crippen molar-refractivity contribution in [1.82, 2.24) is 24.1 Å². The first-order valence-electron chi connectivity index (χ1n) is 8.24. The summed E-state index contributed by atoms with van der Waals surface area (Å²) in [5.41, 5.74) is 4.43. The van der Waals surface area contributed by atoms with Crippen LogP contribution in [0.2, 0.25) is 0 Å². The van der Waals surface area contributed by atoms with Gasteiger partial charge in [-0.2, -0.15) is 9.61 Å². The van der Waals surface area contributed by atoms with Crippen molar-refractivity contribution >= 4 is 5.78 Å². The van der Waals surface area contributed by atoms with Gasteiger partial charge in [0.15, 0.2) is 0 Å². The van der Waals surface area contributed by atoms with Gasteiger partial charge in [-0.3, -0.25) is 0 Å². The van der Waals surface area contributed by atoms with Crippen molar-refractivity contribution in [2.45, 2.75) is 26.3 Å². The summed E-state index contributed by atoms with van der Waals surface area (Å²) in [4.78, 5) is 9.04. The molecule has 4 rings (SSSR count). The van der Waals surface area contributed by atoms with Gasteiger partial charge in [-0.25, -0.2) is 9.97 Å². The van der Waals surface area contributed by atoms with Gasteiger partial charge in [-0.05, 0) is 18.1 Å². The molecule has 5 heteroatoms. The van der Waals surface area contributed by atoms with Crippen molar-refractivity contribution in [2.75, 3.05) is 0 Å². The maximum absolute atomic E-state index is 4.70. The van der Waals surface area contributed by atoms with Crippen LogP contribution in [0.15, 0.2) is 61.2 Å². The van der Waals surface area contributed by atoms with Gasteiger partial charge >= 0.3 is 0 Å². The molecule has 0 spiro atoms. The second-order valence-corrected chi connectivity index (χ2v) is 5.87. The topological polar surface area (TPSA) is 48.0 Å². The SMILES string of the molecule is CCCc1ccn(Cc2c(-c3ccccc3)nc3nccnn23)c1. The van der Waals surface area contributed by atoms with E-state index in [-0.39, 0.29) is 0 Å². The van der Waals surface area contributed by atoms with Crippen molar-refractivity contribution < 1.29 is 0 Å². The zero-order chi connectivity index (χ0) is 16.4. The molecule has 0 fully saturated rings. The summed E-state index contributed by atoms with van der Waals surface area (Å²) in [5.74, 6) is 0.632. The minimum absolute atomic E-state index is 0.632. The number of aromatic nitrogens is 5. The van der Waals surface area contributed by atoms with Crippen molar-refractivity contribution in [1.29, 1.82) is 0 Å². The molecule has 0 saturated carbocycles. The van der Waals surface area contributed by atoms with Gasteiger partial charge in [-0.1, -0.05) is 43.7 Å². The van der Waals surface area contributed by atoms with E-state index in [2.05, 4.69) is 52.2 Å². The van der Waals surface area contributed by atoms with Crippen LogP contribution < -0.4 is 0 Å². The van der Waals surface area contributed by atoms with E-state index in [0.29, 0.717) is 12.3 Å². The lowest BCUT2D eigenvalue weighted by Gasteiger charge is -2.06. The highest BCUT2D eigenvalue weighted by Gasteiger charge is 2.15. The molecule has 4 aromatic rings. The number of nitrogens with zero attached hydrogens (tertiary/aromatic N) is 5. The lowest BCUT2D eigenvalue weighted by atomic mass is 10.1. The summed E-state index contributed by atoms with van der Waals surface area (Å²) in [6.07, 6.45) is 9.95. The predicted molar refractivity (Wildman–Crippen MR) is 93.7 cm³/mol. The van der Waals surface area contributed by atoms with Crippen molar-refractivity contribution in [3.8, 4) is 11.3 Å². The third-order valence-corrected chi connectivity index (χ3v) is 4.10. The van der Waals surface area contributed by atoms with Gasteiger partial charge in [0.1, 0.15) is 0 Å². The standard InChI is InChI=1S/C19H19N5/c1-2-6-15-9-12-23(13-15)14-17-18(16-7-4-3-5-8-16)22-19-20-10-11-21-24(17)19/h3-5,7-13H,2,6,14H2,1H3. The highest BCUT2D eigenvalue weighted by molar-refractivity contribution is 5.65. The Morgan fingerprint density at radius 1 is 1.04 bits per heavy atom. The van der Waals surface area contributed by atoms with Gasteiger partial charge in [-0.15, -0.1) is 0 Å². The molecular weight excluding hydrogens is 298 g/mol. The van der Waals surface area contributed by atoms with E-state index in [1.807, 2.05) is 22.7 Å². The van der Waals surface area contributed by atoms with Crippen LogP contribution in [0.1, 0.15) is 24.6 Å². The third kappa shape index (κ3) is 2.69. The molecule has 0 aliphatic heterocycles. The maximum Gasteiger partial charge on any atom is 0.251 e. The summed E-state index contributed by atoms with van der Waals surface area (Å²) >= 11 is 0. The van der Waals surface area contributed by atoms with Crippen LogP contribution in [-0.2, 0) is 13.0 Å². The summed E-state index contributed by atoms with van der Waals surface area (Å²) < 4.78 is 4.03. The fraction of sp³-hybridized carbons (Fsp3) is 0.211. The Labute approximate surface area is 140 Å². The summed E-state index contributed by atoms with van der Waals surface area (Å²) in [7, 11) is 0. The van der Waals surface area contributed by atoms with E-state index < -0.39 is 0 Å². The van der Waals surface area contributed by atoms with Crippen LogP contribution in [0.5, 0.6) is 0 Å². The molecule has 0 unspecified atom stereocenters. The van der Waals surface area contributed by atoms with Gasteiger partial charge in [0.05, 0.1) is 30.3 Å². The highest BCUT2D eigenvalue weighted by atomic mass is 15.3. The molecule has 0 radical (unpaired) electrons. The number of hydrogen-bond acceptors (Lipinski definition) is 3. The normalized spacial score (nSPS) is 11.2. The lowest BCUT2D eigenvalue weighted by Crippen LogP contribution is -2.04. The molecule has 3 aromatic heterocycles. The number of imidazole rings is 1. The van der Waals surface area contributed by atoms with Crippen LogP contribution in [0.4, 0.5) is 0 Å². The largest absolute Gasteiger partial charge is 0.348 e. The zero-order valence-corrected chi connectivity index (χ0v) is 13.6. The Morgan fingerprint density at radius 2 is 1.92 bits per heavy atom. The number of fused-ring (bicyclic) bond motifs is 1. The Bertz CT molecular complexity index is 952. The van der Waals surface area contributed by atoms with Crippen LogP contribution in [-0.4, -0.2) is 24.1 Å². The van der Waals surface area contributed by atoms with E-state index in [4.69, 9.17) is 4.98 Å². The van der Waals surface area contributed by atoms with E-state index in [1.165, 1.54) is 5.56 Å². The molecule has 3 heterocycles. The van der Waals surface area contributed by atoms with Crippen LogP contribution in [0, 0.1) is 0 Å². The summed E-state index contributed by atoms with van der Waals surface area (Å²) in [5, 5.41) is 4.44. The van der Waals surface area contributed by atoms with Crippen LogP contribution in [0.3, 0.4) is 0 Å². The predicted octanol–water partition coefficient (Wildman–Crippen LogP) is 3.59. The molecule has 24 heavy (non-hydrogen) atoms. The second-order valence-electron chi connectivity index (χ2n) is 5.87. The number of benzene rings is 1. The van der Waals surface area contributed by atoms with E-state index in [9.17, 15) is 0 Å².